The highest BCUT2D eigenvalue weighted by atomic mass is 16.5. The Kier molecular flexibility index (Phi) is 3.04. The molecule has 1 aliphatic rings. The third-order valence-electron chi connectivity index (χ3n) is 2.18. The first-order valence-electron chi connectivity index (χ1n) is 4.40. The van der Waals surface area contributed by atoms with Gasteiger partial charge in [0.25, 0.3) is 0 Å². The summed E-state index contributed by atoms with van der Waals surface area (Å²) in [5.41, 5.74) is 0.919. The molecule has 1 aliphatic heterocycles. The number of ketones is 1. The molecule has 0 N–H and O–H groups in total. The second-order valence-corrected chi connectivity index (χ2v) is 3.66. The van der Waals surface area contributed by atoms with E-state index in [1.54, 1.807) is 0 Å². The van der Waals surface area contributed by atoms with Crippen LogP contribution < -0.4 is 0 Å². The summed E-state index contributed by atoms with van der Waals surface area (Å²) in [7, 11) is 0. The lowest BCUT2D eigenvalue weighted by atomic mass is 9.97. The normalized spacial score (nSPS) is 28.8. The zero-order chi connectivity index (χ0) is 9.14. The molecule has 2 nitrogen and oxygen atoms in total. The van der Waals surface area contributed by atoms with Crippen LogP contribution in [-0.2, 0) is 9.53 Å². The number of hydrogen-bond donors (Lipinski definition) is 0. The second-order valence-electron chi connectivity index (χ2n) is 3.66. The van der Waals surface area contributed by atoms with E-state index in [0.717, 1.165) is 18.6 Å². The van der Waals surface area contributed by atoms with E-state index in [9.17, 15) is 4.79 Å². The summed E-state index contributed by atoms with van der Waals surface area (Å²) < 4.78 is 5.34. The quantitative estimate of drug-likeness (QED) is 0.602. The lowest BCUT2D eigenvalue weighted by molar-refractivity contribution is -0.128. The van der Waals surface area contributed by atoms with Crippen molar-refractivity contribution in [2.75, 3.05) is 6.61 Å². The maximum absolute atomic E-state index is 11.5. The summed E-state index contributed by atoms with van der Waals surface area (Å²) in [5.74, 6) is 0.573. The van der Waals surface area contributed by atoms with Gasteiger partial charge in [-0.15, -0.1) is 0 Å². The number of ether oxygens (including phenoxy) is 1. The van der Waals surface area contributed by atoms with E-state index < -0.39 is 0 Å². The highest BCUT2D eigenvalue weighted by Gasteiger charge is 2.29. The monoisotopic (exact) mass is 168 g/mol. The van der Waals surface area contributed by atoms with Gasteiger partial charge in [0.15, 0.2) is 5.78 Å². The van der Waals surface area contributed by atoms with Crippen LogP contribution in [0.2, 0.25) is 0 Å². The summed E-state index contributed by atoms with van der Waals surface area (Å²) in [6, 6.07) is 0. The zero-order valence-corrected chi connectivity index (χ0v) is 7.80. The smallest absolute Gasteiger partial charge is 0.165 e. The maximum atomic E-state index is 11.5. The van der Waals surface area contributed by atoms with Crippen LogP contribution in [0.1, 0.15) is 26.7 Å². The summed E-state index contributed by atoms with van der Waals surface area (Å²) in [6.07, 6.45) is 1.31. The van der Waals surface area contributed by atoms with E-state index >= 15 is 0 Å². The Bertz CT molecular complexity index is 196. The van der Waals surface area contributed by atoms with Gasteiger partial charge < -0.3 is 4.74 Å². The molecule has 0 saturated carbocycles. The standard InChI is InChI=1S/C10H16O2/c1-7(2)6-9(11)10-8(3)4-5-12-10/h8,10H,1,4-6H2,2-3H3. The van der Waals surface area contributed by atoms with Crippen molar-refractivity contribution in [3.05, 3.63) is 12.2 Å². The summed E-state index contributed by atoms with van der Waals surface area (Å²) in [5, 5.41) is 0. The van der Waals surface area contributed by atoms with Crippen LogP contribution in [0.4, 0.5) is 0 Å². The Morgan fingerprint density at radius 1 is 1.67 bits per heavy atom. The van der Waals surface area contributed by atoms with E-state index in [1.807, 2.05) is 6.92 Å². The Morgan fingerprint density at radius 3 is 2.75 bits per heavy atom. The fourth-order valence-corrected chi connectivity index (χ4v) is 1.50. The van der Waals surface area contributed by atoms with Crippen molar-refractivity contribution in [2.24, 2.45) is 5.92 Å². The highest BCUT2D eigenvalue weighted by Crippen LogP contribution is 2.22. The molecule has 0 aromatic rings. The topological polar surface area (TPSA) is 26.3 Å². The molecule has 0 aromatic heterocycles. The van der Waals surface area contributed by atoms with Gasteiger partial charge in [-0.05, 0) is 19.3 Å². The molecule has 2 unspecified atom stereocenters. The second kappa shape index (κ2) is 3.85. The first-order valence-corrected chi connectivity index (χ1v) is 4.40. The van der Waals surface area contributed by atoms with Crippen LogP contribution in [0.25, 0.3) is 0 Å². The van der Waals surface area contributed by atoms with Crippen LogP contribution in [0.15, 0.2) is 12.2 Å². The molecule has 12 heavy (non-hydrogen) atoms. The first kappa shape index (κ1) is 9.46. The first-order chi connectivity index (χ1) is 5.61. The molecule has 1 heterocycles. The molecule has 1 saturated heterocycles. The van der Waals surface area contributed by atoms with E-state index in [1.165, 1.54) is 0 Å². The summed E-state index contributed by atoms with van der Waals surface area (Å²) >= 11 is 0. The van der Waals surface area contributed by atoms with E-state index in [0.29, 0.717) is 12.3 Å². The Hall–Kier alpha value is -0.630. The van der Waals surface area contributed by atoms with Crippen molar-refractivity contribution in [2.45, 2.75) is 32.8 Å². The third-order valence-corrected chi connectivity index (χ3v) is 2.18. The number of hydrogen-bond acceptors (Lipinski definition) is 2. The SMILES string of the molecule is C=C(C)CC(=O)C1OCCC1C. The Balaban J connectivity index is 2.46. The molecule has 0 bridgehead atoms. The van der Waals surface area contributed by atoms with Gasteiger partial charge in [-0.25, -0.2) is 0 Å². The Morgan fingerprint density at radius 2 is 2.33 bits per heavy atom. The van der Waals surface area contributed by atoms with Crippen molar-refractivity contribution in [1.29, 1.82) is 0 Å². The molecule has 0 aromatic carbocycles. The van der Waals surface area contributed by atoms with Gasteiger partial charge in [0.2, 0.25) is 0 Å². The lowest BCUT2D eigenvalue weighted by Crippen LogP contribution is -2.24. The van der Waals surface area contributed by atoms with Crippen molar-refractivity contribution in [1.82, 2.24) is 0 Å². The minimum atomic E-state index is -0.165. The molecule has 1 fully saturated rings. The van der Waals surface area contributed by atoms with Gasteiger partial charge in [-0.2, -0.15) is 0 Å². The molecule has 1 rings (SSSR count). The van der Waals surface area contributed by atoms with Crippen molar-refractivity contribution >= 4 is 5.78 Å². The van der Waals surface area contributed by atoms with Gasteiger partial charge in [-0.3, -0.25) is 4.79 Å². The van der Waals surface area contributed by atoms with E-state index in [-0.39, 0.29) is 11.9 Å². The van der Waals surface area contributed by atoms with Gasteiger partial charge in [0.1, 0.15) is 6.10 Å². The van der Waals surface area contributed by atoms with Crippen LogP contribution in [0.3, 0.4) is 0 Å². The molecule has 0 spiro atoms. The molecular weight excluding hydrogens is 152 g/mol. The van der Waals surface area contributed by atoms with E-state index in [4.69, 9.17) is 4.74 Å². The summed E-state index contributed by atoms with van der Waals surface area (Å²) in [6.45, 7) is 8.38. The summed E-state index contributed by atoms with van der Waals surface area (Å²) in [4.78, 5) is 11.5. The number of carbonyl (C=O) groups is 1. The fraction of sp³-hybridized carbons (Fsp3) is 0.700. The molecule has 0 amide bonds. The fourth-order valence-electron chi connectivity index (χ4n) is 1.50. The number of rotatable bonds is 3. The number of Topliss-reactive ketones (excluding diaryl/α,β-unsaturated/α-hetero) is 1. The van der Waals surface area contributed by atoms with Gasteiger partial charge >= 0.3 is 0 Å². The predicted molar refractivity (Wildman–Crippen MR) is 48.0 cm³/mol. The predicted octanol–water partition coefficient (Wildman–Crippen LogP) is 1.95. The molecule has 0 radical (unpaired) electrons. The van der Waals surface area contributed by atoms with Crippen LogP contribution in [-0.4, -0.2) is 18.5 Å². The van der Waals surface area contributed by atoms with Crippen LogP contribution in [0.5, 0.6) is 0 Å². The van der Waals surface area contributed by atoms with Crippen LogP contribution in [0, 0.1) is 5.92 Å². The molecule has 68 valence electrons. The van der Waals surface area contributed by atoms with Crippen molar-refractivity contribution in [3.8, 4) is 0 Å². The largest absolute Gasteiger partial charge is 0.370 e. The molecule has 2 atom stereocenters. The van der Waals surface area contributed by atoms with Gasteiger partial charge in [0.05, 0.1) is 0 Å². The number of carbonyl (C=O) groups excluding carboxylic acids is 1. The molecular formula is C10H16O2. The van der Waals surface area contributed by atoms with Gasteiger partial charge in [-0.1, -0.05) is 19.1 Å². The average Bonchev–Trinajstić information content (AvgIpc) is 2.33. The van der Waals surface area contributed by atoms with Gasteiger partial charge in [0, 0.05) is 13.0 Å². The minimum absolute atomic E-state index is 0.165. The van der Waals surface area contributed by atoms with Crippen LogP contribution >= 0.6 is 0 Å². The molecule has 2 heteroatoms. The third kappa shape index (κ3) is 2.18. The molecule has 0 aliphatic carbocycles. The number of allylic oxidation sites excluding steroid dienone is 1. The highest BCUT2D eigenvalue weighted by molar-refractivity contribution is 5.85. The van der Waals surface area contributed by atoms with E-state index in [2.05, 4.69) is 13.5 Å². The minimum Gasteiger partial charge on any atom is -0.370 e. The maximum Gasteiger partial charge on any atom is 0.165 e. The Labute approximate surface area is 73.6 Å². The van der Waals surface area contributed by atoms with Crippen molar-refractivity contribution < 1.29 is 9.53 Å². The van der Waals surface area contributed by atoms with Crippen molar-refractivity contribution in [3.63, 3.8) is 0 Å². The average molecular weight is 168 g/mol. The zero-order valence-electron chi connectivity index (χ0n) is 7.80. The lowest BCUT2D eigenvalue weighted by Gasteiger charge is -2.12.